The van der Waals surface area contributed by atoms with Crippen molar-refractivity contribution in [2.24, 2.45) is 12.8 Å². The summed E-state index contributed by atoms with van der Waals surface area (Å²) in [5, 5.41) is 8.05. The predicted octanol–water partition coefficient (Wildman–Crippen LogP) is 1.37. The highest BCUT2D eigenvalue weighted by atomic mass is 15.4. The van der Waals surface area contributed by atoms with Crippen molar-refractivity contribution in [1.29, 1.82) is 0 Å². The molecule has 0 aliphatic heterocycles. The molecule has 1 heterocycles. The Morgan fingerprint density at radius 1 is 1.18 bits per heavy atom. The van der Waals surface area contributed by atoms with Gasteiger partial charge < -0.3 is 5.73 Å². The van der Waals surface area contributed by atoms with Crippen LogP contribution in [0.5, 0.6) is 0 Å². The SMILES string of the molecule is Cc1ccc(CCc2c(CN)nnn2C)cc1. The lowest BCUT2D eigenvalue weighted by molar-refractivity contribution is 0.672. The summed E-state index contributed by atoms with van der Waals surface area (Å²) in [7, 11) is 1.91. The van der Waals surface area contributed by atoms with Gasteiger partial charge in [-0.2, -0.15) is 0 Å². The molecule has 17 heavy (non-hydrogen) atoms. The summed E-state index contributed by atoms with van der Waals surface area (Å²) in [5.74, 6) is 0. The number of nitrogens with two attached hydrogens (primary N) is 1. The van der Waals surface area contributed by atoms with Crippen LogP contribution in [-0.4, -0.2) is 15.0 Å². The molecule has 0 radical (unpaired) electrons. The lowest BCUT2D eigenvalue weighted by Crippen LogP contribution is -2.06. The fourth-order valence-corrected chi connectivity index (χ4v) is 1.90. The molecule has 2 rings (SSSR count). The highest BCUT2D eigenvalue weighted by Crippen LogP contribution is 2.10. The van der Waals surface area contributed by atoms with Gasteiger partial charge in [0.25, 0.3) is 0 Å². The van der Waals surface area contributed by atoms with Crippen molar-refractivity contribution in [3.63, 3.8) is 0 Å². The molecular formula is C13H18N4. The predicted molar refractivity (Wildman–Crippen MR) is 67.5 cm³/mol. The van der Waals surface area contributed by atoms with Crippen molar-refractivity contribution in [2.45, 2.75) is 26.3 Å². The average Bonchev–Trinajstić information content (AvgIpc) is 2.69. The van der Waals surface area contributed by atoms with E-state index in [1.54, 1.807) is 0 Å². The van der Waals surface area contributed by atoms with Crippen LogP contribution < -0.4 is 5.73 Å². The molecule has 0 aliphatic rings. The standard InChI is InChI=1S/C13H18N4/c1-10-3-5-11(6-4-10)7-8-13-12(9-14)15-16-17(13)2/h3-6H,7-9,14H2,1-2H3. The van der Waals surface area contributed by atoms with Gasteiger partial charge in [0.05, 0.1) is 11.4 Å². The van der Waals surface area contributed by atoms with Gasteiger partial charge in [-0.05, 0) is 25.3 Å². The molecule has 1 aromatic heterocycles. The number of hydrogen-bond donors (Lipinski definition) is 1. The van der Waals surface area contributed by atoms with Crippen LogP contribution >= 0.6 is 0 Å². The van der Waals surface area contributed by atoms with Crippen molar-refractivity contribution < 1.29 is 0 Å². The van der Waals surface area contributed by atoms with Gasteiger partial charge in [0.2, 0.25) is 0 Å². The number of hydrogen-bond acceptors (Lipinski definition) is 3. The minimum Gasteiger partial charge on any atom is -0.325 e. The normalized spacial score (nSPS) is 10.8. The summed E-state index contributed by atoms with van der Waals surface area (Å²) in [6.07, 6.45) is 1.92. The average molecular weight is 230 g/mol. The van der Waals surface area contributed by atoms with Crippen molar-refractivity contribution in [1.82, 2.24) is 15.0 Å². The highest BCUT2D eigenvalue weighted by Gasteiger charge is 2.08. The van der Waals surface area contributed by atoms with Crippen molar-refractivity contribution >= 4 is 0 Å². The van der Waals surface area contributed by atoms with E-state index in [-0.39, 0.29) is 0 Å². The Labute approximate surface area is 101 Å². The van der Waals surface area contributed by atoms with Crippen molar-refractivity contribution in [2.75, 3.05) is 0 Å². The molecular weight excluding hydrogens is 212 g/mol. The minimum atomic E-state index is 0.455. The summed E-state index contributed by atoms with van der Waals surface area (Å²) >= 11 is 0. The van der Waals surface area contributed by atoms with Crippen LogP contribution in [-0.2, 0) is 26.4 Å². The van der Waals surface area contributed by atoms with Crippen LogP contribution in [0.3, 0.4) is 0 Å². The first-order valence-electron chi connectivity index (χ1n) is 5.83. The molecule has 1 aromatic carbocycles. The Balaban J connectivity index is 2.06. The van der Waals surface area contributed by atoms with E-state index in [0.717, 1.165) is 24.2 Å². The topological polar surface area (TPSA) is 56.7 Å². The number of rotatable bonds is 4. The molecule has 0 spiro atoms. The summed E-state index contributed by atoms with van der Waals surface area (Å²) in [6.45, 7) is 2.55. The van der Waals surface area contributed by atoms with Crippen molar-refractivity contribution in [3.8, 4) is 0 Å². The van der Waals surface area contributed by atoms with Gasteiger partial charge in [-0.25, -0.2) is 0 Å². The third-order valence-corrected chi connectivity index (χ3v) is 2.99. The Hall–Kier alpha value is -1.68. The maximum atomic E-state index is 5.64. The maximum absolute atomic E-state index is 5.64. The zero-order chi connectivity index (χ0) is 12.3. The summed E-state index contributed by atoms with van der Waals surface area (Å²) < 4.78 is 1.82. The Kier molecular flexibility index (Phi) is 3.54. The molecule has 0 saturated carbocycles. The van der Waals surface area contributed by atoms with Gasteiger partial charge >= 0.3 is 0 Å². The van der Waals surface area contributed by atoms with Crippen molar-refractivity contribution in [3.05, 3.63) is 46.8 Å². The van der Waals surface area contributed by atoms with E-state index >= 15 is 0 Å². The van der Waals surface area contributed by atoms with E-state index in [9.17, 15) is 0 Å². The molecule has 4 heteroatoms. The lowest BCUT2D eigenvalue weighted by Gasteiger charge is -2.04. The van der Waals surface area contributed by atoms with Gasteiger partial charge in [-0.15, -0.1) is 5.10 Å². The number of benzene rings is 1. The minimum absolute atomic E-state index is 0.455. The molecule has 0 amide bonds. The smallest absolute Gasteiger partial charge is 0.0994 e. The Morgan fingerprint density at radius 2 is 1.88 bits per heavy atom. The van der Waals surface area contributed by atoms with Crippen LogP contribution in [0.25, 0.3) is 0 Å². The van der Waals surface area contributed by atoms with E-state index < -0.39 is 0 Å². The molecule has 4 nitrogen and oxygen atoms in total. The van der Waals surface area contributed by atoms with E-state index in [4.69, 9.17) is 5.73 Å². The van der Waals surface area contributed by atoms with Gasteiger partial charge in [0.1, 0.15) is 0 Å². The summed E-state index contributed by atoms with van der Waals surface area (Å²) in [5.41, 5.74) is 10.3. The fraction of sp³-hybridized carbons (Fsp3) is 0.385. The molecule has 90 valence electrons. The van der Waals surface area contributed by atoms with E-state index in [1.165, 1.54) is 11.1 Å². The molecule has 0 bridgehead atoms. The third kappa shape index (κ3) is 2.71. The van der Waals surface area contributed by atoms with Gasteiger partial charge in [0.15, 0.2) is 0 Å². The fourth-order valence-electron chi connectivity index (χ4n) is 1.90. The zero-order valence-electron chi connectivity index (χ0n) is 10.3. The first kappa shape index (κ1) is 11.8. The maximum Gasteiger partial charge on any atom is 0.0994 e. The van der Waals surface area contributed by atoms with Crippen LogP contribution in [0.15, 0.2) is 24.3 Å². The Morgan fingerprint density at radius 3 is 2.53 bits per heavy atom. The molecule has 2 aromatic rings. The van der Waals surface area contributed by atoms with Crippen LogP contribution in [0.1, 0.15) is 22.5 Å². The number of aromatic nitrogens is 3. The molecule has 0 unspecified atom stereocenters. The van der Waals surface area contributed by atoms with E-state index in [0.29, 0.717) is 6.54 Å². The molecule has 2 N–H and O–H groups in total. The van der Waals surface area contributed by atoms with E-state index in [1.807, 2.05) is 11.7 Å². The van der Waals surface area contributed by atoms with Crippen LogP contribution in [0, 0.1) is 6.92 Å². The first-order valence-corrected chi connectivity index (χ1v) is 5.83. The first-order chi connectivity index (χ1) is 8.20. The van der Waals surface area contributed by atoms with Crippen LogP contribution in [0.2, 0.25) is 0 Å². The number of nitrogens with zero attached hydrogens (tertiary/aromatic N) is 3. The third-order valence-electron chi connectivity index (χ3n) is 2.99. The monoisotopic (exact) mass is 230 g/mol. The molecule has 0 atom stereocenters. The molecule has 0 fully saturated rings. The van der Waals surface area contributed by atoms with E-state index in [2.05, 4.69) is 41.5 Å². The quantitative estimate of drug-likeness (QED) is 0.863. The highest BCUT2D eigenvalue weighted by molar-refractivity contribution is 5.22. The lowest BCUT2D eigenvalue weighted by atomic mass is 10.1. The molecule has 0 aliphatic carbocycles. The van der Waals surface area contributed by atoms with Gasteiger partial charge in [-0.1, -0.05) is 35.0 Å². The second-order valence-corrected chi connectivity index (χ2v) is 4.30. The largest absolute Gasteiger partial charge is 0.325 e. The Bertz CT molecular complexity index is 485. The molecule has 0 saturated heterocycles. The summed E-state index contributed by atoms with van der Waals surface area (Å²) in [6, 6.07) is 8.61. The zero-order valence-corrected chi connectivity index (χ0v) is 10.3. The van der Waals surface area contributed by atoms with Gasteiger partial charge in [-0.3, -0.25) is 4.68 Å². The number of aryl methyl sites for hydroxylation is 3. The second-order valence-electron chi connectivity index (χ2n) is 4.30. The summed E-state index contributed by atoms with van der Waals surface area (Å²) in [4.78, 5) is 0. The van der Waals surface area contributed by atoms with Gasteiger partial charge in [0, 0.05) is 13.6 Å². The van der Waals surface area contributed by atoms with Crippen LogP contribution in [0.4, 0.5) is 0 Å². The second kappa shape index (κ2) is 5.10.